The topological polar surface area (TPSA) is 86.9 Å². The fourth-order valence-corrected chi connectivity index (χ4v) is 3.71. The molecule has 0 radical (unpaired) electrons. The van der Waals surface area contributed by atoms with Crippen molar-refractivity contribution < 1.29 is 37.0 Å². The van der Waals surface area contributed by atoms with Crippen molar-refractivity contribution in [1.82, 2.24) is 14.7 Å². The number of aliphatic hydroxyl groups excluding tert-OH is 2. The monoisotopic (exact) mass is 449 g/mol. The number of hydrogen-bond donors (Lipinski definition) is 3. The molecule has 2 heterocycles. The summed E-state index contributed by atoms with van der Waals surface area (Å²) < 4.78 is 68.8. The van der Waals surface area contributed by atoms with Crippen LogP contribution in [0.15, 0.2) is 18.3 Å². The predicted molar refractivity (Wildman–Crippen MR) is 101 cm³/mol. The molecule has 2 aromatic rings. The van der Waals surface area contributed by atoms with Gasteiger partial charge in [0.15, 0.2) is 5.69 Å². The van der Waals surface area contributed by atoms with E-state index in [9.17, 15) is 37.0 Å². The number of rotatable bonds is 6. The van der Waals surface area contributed by atoms with Gasteiger partial charge in [0.25, 0.3) is 5.91 Å². The van der Waals surface area contributed by atoms with Crippen LogP contribution in [0.5, 0.6) is 0 Å². The number of pyridine rings is 1. The number of hydrogen-bond acceptors (Lipinski definition) is 4. The molecule has 0 atom stereocenters. The van der Waals surface area contributed by atoms with Gasteiger partial charge < -0.3 is 19.9 Å². The van der Waals surface area contributed by atoms with Crippen LogP contribution in [-0.4, -0.2) is 50.2 Å². The van der Waals surface area contributed by atoms with Gasteiger partial charge in [0.2, 0.25) is 5.92 Å². The summed E-state index contributed by atoms with van der Waals surface area (Å²) in [5.74, 6) is -3.79. The second kappa shape index (κ2) is 8.34. The number of halogens is 5. The molecule has 11 heteroatoms. The van der Waals surface area contributed by atoms with Crippen LogP contribution in [0.2, 0.25) is 0 Å². The third kappa shape index (κ3) is 5.15. The van der Waals surface area contributed by atoms with Gasteiger partial charge in [0.05, 0.1) is 24.4 Å². The summed E-state index contributed by atoms with van der Waals surface area (Å²) in [6.45, 7) is 0.333. The van der Waals surface area contributed by atoms with Crippen molar-refractivity contribution in [1.29, 1.82) is 0 Å². The van der Waals surface area contributed by atoms with E-state index in [1.807, 2.05) is 0 Å². The number of nitrogens with zero attached hydrogens (tertiary/aromatic N) is 2. The highest BCUT2D eigenvalue weighted by molar-refractivity contribution is 5.95. The summed E-state index contributed by atoms with van der Waals surface area (Å²) in [4.78, 5) is 16.1. The minimum Gasteiger partial charge on any atom is -0.394 e. The first kappa shape index (κ1) is 23.4. The Labute approximate surface area is 175 Å². The van der Waals surface area contributed by atoms with Gasteiger partial charge in [-0.05, 0) is 44.2 Å². The van der Waals surface area contributed by atoms with Crippen LogP contribution in [-0.2, 0) is 12.6 Å². The van der Waals surface area contributed by atoms with Crippen molar-refractivity contribution in [2.75, 3.05) is 13.2 Å². The maximum atomic E-state index is 13.6. The zero-order chi connectivity index (χ0) is 23.0. The molecule has 1 amide bonds. The van der Waals surface area contributed by atoms with Crippen molar-refractivity contribution in [2.24, 2.45) is 5.92 Å². The molecule has 3 rings (SSSR count). The molecule has 0 aromatic carbocycles. The maximum absolute atomic E-state index is 13.6. The van der Waals surface area contributed by atoms with E-state index in [1.165, 1.54) is 29.7 Å². The van der Waals surface area contributed by atoms with Crippen LogP contribution in [0.3, 0.4) is 0 Å². The minimum atomic E-state index is -4.74. The molecule has 2 aromatic heterocycles. The first-order chi connectivity index (χ1) is 14.4. The van der Waals surface area contributed by atoms with Crippen molar-refractivity contribution >= 4 is 11.6 Å². The van der Waals surface area contributed by atoms with Gasteiger partial charge in [-0.15, -0.1) is 0 Å². The lowest BCUT2D eigenvalue weighted by Crippen LogP contribution is -2.51. The van der Waals surface area contributed by atoms with E-state index in [2.05, 4.69) is 10.3 Å². The van der Waals surface area contributed by atoms with Gasteiger partial charge in [-0.25, -0.2) is 13.8 Å². The third-order valence-electron chi connectivity index (χ3n) is 5.69. The van der Waals surface area contributed by atoms with Crippen molar-refractivity contribution in [2.45, 2.75) is 56.7 Å². The first-order valence-corrected chi connectivity index (χ1v) is 9.88. The molecule has 6 nitrogen and oxygen atoms in total. The SMILES string of the molecule is CC(CO)(CO)NC(=O)c1ccn2c(CC3CCC(F)(F)CC3)c(C(F)(F)F)nc2c1. The van der Waals surface area contributed by atoms with Crippen molar-refractivity contribution in [3.63, 3.8) is 0 Å². The Morgan fingerprint density at radius 1 is 1.26 bits per heavy atom. The van der Waals surface area contributed by atoms with Crippen LogP contribution in [0.4, 0.5) is 22.0 Å². The quantitative estimate of drug-likeness (QED) is 0.592. The number of amides is 1. The number of carbonyl (C=O) groups is 1. The van der Waals surface area contributed by atoms with Gasteiger partial charge in [0, 0.05) is 24.6 Å². The molecule has 1 fully saturated rings. The molecule has 172 valence electrons. The average Bonchev–Trinajstić information content (AvgIpc) is 3.07. The normalized spacial score (nSPS) is 17.8. The minimum absolute atomic E-state index is 0.00297. The van der Waals surface area contributed by atoms with E-state index in [-0.39, 0.29) is 54.9 Å². The highest BCUT2D eigenvalue weighted by Crippen LogP contribution is 2.39. The van der Waals surface area contributed by atoms with E-state index in [0.29, 0.717) is 0 Å². The molecule has 1 saturated carbocycles. The molecule has 3 N–H and O–H groups in total. The van der Waals surface area contributed by atoms with Crippen LogP contribution < -0.4 is 5.32 Å². The number of imidazole rings is 1. The second-order valence-electron chi connectivity index (χ2n) is 8.38. The van der Waals surface area contributed by atoms with Gasteiger partial charge in [0.1, 0.15) is 5.65 Å². The van der Waals surface area contributed by atoms with Crippen LogP contribution in [0.1, 0.15) is 54.4 Å². The van der Waals surface area contributed by atoms with E-state index in [4.69, 9.17) is 0 Å². The van der Waals surface area contributed by atoms with Crippen LogP contribution in [0, 0.1) is 5.92 Å². The predicted octanol–water partition coefficient (Wildman–Crippen LogP) is 3.19. The zero-order valence-electron chi connectivity index (χ0n) is 16.8. The standard InChI is InChI=1S/C20H24F5N3O3/c1-18(10-29,11-30)27-17(31)13-4-7-28-14(8-12-2-5-19(21,22)6-3-12)16(20(23,24)25)26-15(28)9-13/h4,7,9,12,29-30H,2-3,5-6,8,10-11H2,1H3,(H,27,31). The summed E-state index contributed by atoms with van der Waals surface area (Å²) in [6, 6.07) is 2.48. The van der Waals surface area contributed by atoms with E-state index >= 15 is 0 Å². The lowest BCUT2D eigenvalue weighted by atomic mass is 9.83. The lowest BCUT2D eigenvalue weighted by molar-refractivity contribution is -0.141. The smallest absolute Gasteiger partial charge is 0.394 e. The molecule has 0 spiro atoms. The van der Waals surface area contributed by atoms with Crippen molar-refractivity contribution in [3.05, 3.63) is 35.3 Å². The van der Waals surface area contributed by atoms with E-state index in [1.54, 1.807) is 0 Å². The molecular formula is C20H24F5N3O3. The molecule has 1 aliphatic carbocycles. The van der Waals surface area contributed by atoms with Gasteiger partial charge >= 0.3 is 6.18 Å². The Morgan fingerprint density at radius 3 is 2.42 bits per heavy atom. The average molecular weight is 449 g/mol. The highest BCUT2D eigenvalue weighted by Gasteiger charge is 2.40. The van der Waals surface area contributed by atoms with Gasteiger partial charge in [-0.2, -0.15) is 13.2 Å². The highest BCUT2D eigenvalue weighted by atomic mass is 19.4. The number of fused-ring (bicyclic) bond motifs is 1. The Hall–Kier alpha value is -2.27. The second-order valence-corrected chi connectivity index (χ2v) is 8.38. The summed E-state index contributed by atoms with van der Waals surface area (Å²) >= 11 is 0. The van der Waals surface area contributed by atoms with Crippen molar-refractivity contribution in [3.8, 4) is 0 Å². The van der Waals surface area contributed by atoms with Gasteiger partial charge in [-0.3, -0.25) is 4.79 Å². The molecule has 0 aliphatic heterocycles. The number of alkyl halides is 5. The Kier molecular flexibility index (Phi) is 6.30. The number of aromatic nitrogens is 2. The summed E-state index contributed by atoms with van der Waals surface area (Å²) in [5.41, 5.74) is -2.63. The number of carbonyl (C=O) groups excluding carboxylic acids is 1. The summed E-state index contributed by atoms with van der Waals surface area (Å²) in [6.07, 6.45) is -3.96. The van der Waals surface area contributed by atoms with Crippen LogP contribution in [0.25, 0.3) is 5.65 Å². The fourth-order valence-electron chi connectivity index (χ4n) is 3.71. The Balaban J connectivity index is 1.92. The fraction of sp³-hybridized carbons (Fsp3) is 0.600. The van der Waals surface area contributed by atoms with Crippen LogP contribution >= 0.6 is 0 Å². The molecule has 1 aliphatic rings. The maximum Gasteiger partial charge on any atom is 0.435 e. The molecule has 0 saturated heterocycles. The molecule has 0 bridgehead atoms. The molecule has 31 heavy (non-hydrogen) atoms. The first-order valence-electron chi connectivity index (χ1n) is 9.88. The Bertz CT molecular complexity index is 943. The Morgan fingerprint density at radius 2 is 1.87 bits per heavy atom. The van der Waals surface area contributed by atoms with Gasteiger partial charge in [-0.1, -0.05) is 0 Å². The number of nitrogens with one attached hydrogen (secondary N) is 1. The number of aliphatic hydroxyl groups is 2. The largest absolute Gasteiger partial charge is 0.435 e. The van der Waals surface area contributed by atoms with E-state index < -0.39 is 42.5 Å². The summed E-state index contributed by atoms with van der Waals surface area (Å²) in [7, 11) is 0. The molecule has 0 unspecified atom stereocenters. The zero-order valence-corrected chi connectivity index (χ0v) is 16.8. The van der Waals surface area contributed by atoms with E-state index in [0.717, 1.165) is 0 Å². The lowest BCUT2D eigenvalue weighted by Gasteiger charge is -2.28. The summed E-state index contributed by atoms with van der Waals surface area (Å²) in [5, 5.41) is 21.0. The third-order valence-corrected chi connectivity index (χ3v) is 5.69. The molecular weight excluding hydrogens is 425 g/mol.